The van der Waals surface area contributed by atoms with E-state index in [-0.39, 0.29) is 23.7 Å². The Bertz CT molecular complexity index is 782. The molecule has 0 bridgehead atoms. The minimum absolute atomic E-state index is 0.0657. The Morgan fingerprint density at radius 1 is 1.04 bits per heavy atom. The molecule has 0 saturated carbocycles. The third-order valence-electron chi connectivity index (χ3n) is 4.06. The second-order valence-electron chi connectivity index (χ2n) is 8.20. The van der Waals surface area contributed by atoms with Crippen LogP contribution in [0.25, 0.3) is 11.0 Å². The lowest BCUT2D eigenvalue weighted by atomic mass is 9.83. The molecule has 24 heavy (non-hydrogen) atoms. The zero-order valence-corrected chi connectivity index (χ0v) is 15.6. The third-order valence-corrected chi connectivity index (χ3v) is 4.06. The molecule has 0 fully saturated rings. The summed E-state index contributed by atoms with van der Waals surface area (Å²) in [5.74, 6) is 0.913. The van der Waals surface area contributed by atoms with Gasteiger partial charge in [-0.2, -0.15) is 0 Å². The maximum atomic E-state index is 12.8. The van der Waals surface area contributed by atoms with Crippen molar-refractivity contribution in [2.45, 2.75) is 48.0 Å². The molecule has 0 aliphatic carbocycles. The van der Waals surface area contributed by atoms with E-state index in [4.69, 9.17) is 9.15 Å². The highest BCUT2D eigenvalue weighted by Gasteiger charge is 2.32. The summed E-state index contributed by atoms with van der Waals surface area (Å²) in [5.41, 5.74) is 0.186. The zero-order chi connectivity index (χ0) is 18.3. The van der Waals surface area contributed by atoms with E-state index in [9.17, 15) is 9.59 Å². The summed E-state index contributed by atoms with van der Waals surface area (Å²) >= 11 is 0. The number of carbonyl (C=O) groups excluding carboxylic acids is 2. The molecule has 4 nitrogen and oxygen atoms in total. The van der Waals surface area contributed by atoms with Crippen LogP contribution < -0.4 is 4.74 Å². The molecule has 2 aromatic rings. The number of Topliss-reactive ketones (excluding diaryl/α,β-unsaturated/α-hetero) is 2. The molecule has 0 radical (unpaired) electrons. The molecule has 130 valence electrons. The first-order valence-electron chi connectivity index (χ1n) is 8.12. The maximum Gasteiger partial charge on any atom is 0.203 e. The molecule has 0 N–H and O–H groups in total. The molecule has 2 rings (SSSR count). The van der Waals surface area contributed by atoms with E-state index >= 15 is 0 Å². The van der Waals surface area contributed by atoms with Gasteiger partial charge in [0.25, 0.3) is 0 Å². The van der Waals surface area contributed by atoms with E-state index in [2.05, 4.69) is 0 Å². The van der Waals surface area contributed by atoms with Gasteiger partial charge < -0.3 is 9.15 Å². The Morgan fingerprint density at radius 2 is 1.67 bits per heavy atom. The van der Waals surface area contributed by atoms with Gasteiger partial charge >= 0.3 is 0 Å². The quantitative estimate of drug-likeness (QED) is 0.754. The summed E-state index contributed by atoms with van der Waals surface area (Å²) in [4.78, 5) is 25.4. The number of hydrogen-bond acceptors (Lipinski definition) is 4. The maximum absolute atomic E-state index is 12.8. The number of hydrogen-bond donors (Lipinski definition) is 0. The monoisotopic (exact) mass is 330 g/mol. The van der Waals surface area contributed by atoms with Gasteiger partial charge in [0, 0.05) is 28.2 Å². The molecule has 0 unspecified atom stereocenters. The molecule has 0 saturated heterocycles. The number of methoxy groups -OCH3 is 1. The van der Waals surface area contributed by atoms with Crippen LogP contribution in [-0.2, 0) is 11.2 Å². The van der Waals surface area contributed by atoms with Gasteiger partial charge in [-0.05, 0) is 18.2 Å². The van der Waals surface area contributed by atoms with Gasteiger partial charge in [-0.25, -0.2) is 0 Å². The lowest BCUT2D eigenvalue weighted by Crippen LogP contribution is -2.25. The Kier molecular flexibility index (Phi) is 4.62. The van der Waals surface area contributed by atoms with Crippen LogP contribution in [0.3, 0.4) is 0 Å². The van der Waals surface area contributed by atoms with Crippen LogP contribution in [-0.4, -0.2) is 18.7 Å². The minimum Gasteiger partial charge on any atom is -0.497 e. The molecular formula is C20H26O4. The second-order valence-corrected chi connectivity index (χ2v) is 8.20. The van der Waals surface area contributed by atoms with E-state index in [1.54, 1.807) is 19.2 Å². The standard InChI is InChI=1S/C20H26O4/c1-19(2,3)16(21)11-14-13-10-12(23-7)8-9-15(13)24-17(14)18(22)20(4,5)6/h8-10H,11H2,1-7H3. The summed E-state index contributed by atoms with van der Waals surface area (Å²) in [6.45, 7) is 11.2. The summed E-state index contributed by atoms with van der Waals surface area (Å²) in [6.07, 6.45) is 0.167. The molecule has 1 aromatic carbocycles. The number of ketones is 2. The smallest absolute Gasteiger partial charge is 0.203 e. The zero-order valence-electron chi connectivity index (χ0n) is 15.6. The van der Waals surface area contributed by atoms with Crippen molar-refractivity contribution in [1.29, 1.82) is 0 Å². The van der Waals surface area contributed by atoms with Crippen molar-refractivity contribution in [2.75, 3.05) is 7.11 Å². The highest BCUT2D eigenvalue weighted by Crippen LogP contribution is 2.34. The summed E-state index contributed by atoms with van der Waals surface area (Å²) < 4.78 is 11.1. The highest BCUT2D eigenvalue weighted by molar-refractivity contribution is 6.05. The predicted octanol–water partition coefficient (Wildman–Crippen LogP) is 4.83. The van der Waals surface area contributed by atoms with Crippen molar-refractivity contribution < 1.29 is 18.7 Å². The molecule has 4 heteroatoms. The molecule has 0 spiro atoms. The average molecular weight is 330 g/mol. The number of fused-ring (bicyclic) bond motifs is 1. The SMILES string of the molecule is COc1ccc2oc(C(=O)C(C)(C)C)c(CC(=O)C(C)(C)C)c2c1. The first-order chi connectivity index (χ1) is 10.9. The summed E-state index contributed by atoms with van der Waals surface area (Å²) in [7, 11) is 1.59. The van der Waals surface area contributed by atoms with Crippen LogP contribution in [0.15, 0.2) is 22.6 Å². The Hall–Kier alpha value is -2.10. The van der Waals surface area contributed by atoms with Gasteiger partial charge in [-0.3, -0.25) is 9.59 Å². The molecule has 0 amide bonds. The fourth-order valence-electron chi connectivity index (χ4n) is 2.38. The van der Waals surface area contributed by atoms with E-state index in [1.807, 2.05) is 47.6 Å². The Balaban J connectivity index is 2.66. The van der Waals surface area contributed by atoms with Crippen LogP contribution >= 0.6 is 0 Å². The summed E-state index contributed by atoms with van der Waals surface area (Å²) in [5, 5.41) is 0.763. The number of furan rings is 1. The Morgan fingerprint density at radius 3 is 2.17 bits per heavy atom. The first kappa shape index (κ1) is 18.2. The van der Waals surface area contributed by atoms with Crippen molar-refractivity contribution in [3.05, 3.63) is 29.5 Å². The van der Waals surface area contributed by atoms with Crippen LogP contribution in [0.1, 0.15) is 57.7 Å². The number of ether oxygens (including phenoxy) is 1. The van der Waals surface area contributed by atoms with Crippen molar-refractivity contribution in [2.24, 2.45) is 10.8 Å². The lowest BCUT2D eigenvalue weighted by Gasteiger charge is -2.18. The van der Waals surface area contributed by atoms with Gasteiger partial charge in [0.1, 0.15) is 17.1 Å². The molecule has 1 heterocycles. The molecule has 0 atom stereocenters. The van der Waals surface area contributed by atoms with Crippen LogP contribution in [0.5, 0.6) is 5.75 Å². The normalized spacial score (nSPS) is 12.5. The van der Waals surface area contributed by atoms with Gasteiger partial charge in [0.2, 0.25) is 5.78 Å². The van der Waals surface area contributed by atoms with E-state index < -0.39 is 10.8 Å². The van der Waals surface area contributed by atoms with Gasteiger partial charge in [0.15, 0.2) is 5.76 Å². The molecule has 1 aromatic heterocycles. The summed E-state index contributed by atoms with van der Waals surface area (Å²) in [6, 6.07) is 5.38. The van der Waals surface area contributed by atoms with E-state index in [0.717, 1.165) is 5.39 Å². The first-order valence-corrected chi connectivity index (χ1v) is 8.12. The van der Waals surface area contributed by atoms with Crippen LogP contribution in [0.2, 0.25) is 0 Å². The fraction of sp³-hybridized carbons (Fsp3) is 0.500. The van der Waals surface area contributed by atoms with E-state index in [0.29, 0.717) is 16.9 Å². The van der Waals surface area contributed by atoms with Gasteiger partial charge in [0.05, 0.1) is 7.11 Å². The average Bonchev–Trinajstić information content (AvgIpc) is 2.82. The molecule has 0 aliphatic rings. The van der Waals surface area contributed by atoms with Gasteiger partial charge in [-0.15, -0.1) is 0 Å². The molecule has 0 aliphatic heterocycles. The number of carbonyl (C=O) groups is 2. The van der Waals surface area contributed by atoms with Crippen LogP contribution in [0, 0.1) is 10.8 Å². The lowest BCUT2D eigenvalue weighted by molar-refractivity contribution is -0.125. The van der Waals surface area contributed by atoms with Crippen molar-refractivity contribution >= 4 is 22.5 Å². The highest BCUT2D eigenvalue weighted by atomic mass is 16.5. The van der Waals surface area contributed by atoms with Crippen LogP contribution in [0.4, 0.5) is 0 Å². The van der Waals surface area contributed by atoms with Gasteiger partial charge in [-0.1, -0.05) is 41.5 Å². The minimum atomic E-state index is -0.586. The van der Waals surface area contributed by atoms with Crippen molar-refractivity contribution in [3.63, 3.8) is 0 Å². The predicted molar refractivity (Wildman–Crippen MR) is 94.7 cm³/mol. The Labute approximate surface area is 143 Å². The largest absolute Gasteiger partial charge is 0.497 e. The fourth-order valence-corrected chi connectivity index (χ4v) is 2.38. The van der Waals surface area contributed by atoms with Crippen molar-refractivity contribution in [1.82, 2.24) is 0 Å². The van der Waals surface area contributed by atoms with Crippen molar-refractivity contribution in [3.8, 4) is 5.75 Å². The molecular weight excluding hydrogens is 304 g/mol. The third kappa shape index (κ3) is 3.53. The number of benzene rings is 1. The topological polar surface area (TPSA) is 56.5 Å². The second kappa shape index (κ2) is 6.08. The number of rotatable bonds is 4. The van der Waals surface area contributed by atoms with E-state index in [1.165, 1.54) is 0 Å².